The lowest BCUT2D eigenvalue weighted by Gasteiger charge is -2.22. The van der Waals surface area contributed by atoms with Crippen molar-refractivity contribution in [2.75, 3.05) is 31.6 Å². The third-order valence-corrected chi connectivity index (χ3v) is 3.45. The predicted octanol–water partition coefficient (Wildman–Crippen LogP) is 2.71. The summed E-state index contributed by atoms with van der Waals surface area (Å²) in [4.78, 5) is 13.9. The summed E-state index contributed by atoms with van der Waals surface area (Å²) in [6.45, 7) is 3.64. The Morgan fingerprint density at radius 2 is 2.14 bits per heavy atom. The molecule has 0 radical (unpaired) electrons. The summed E-state index contributed by atoms with van der Waals surface area (Å²) in [7, 11) is 0. The van der Waals surface area contributed by atoms with Crippen LogP contribution < -0.4 is 10.1 Å². The van der Waals surface area contributed by atoms with Crippen LogP contribution in [0.5, 0.6) is 5.75 Å². The van der Waals surface area contributed by atoms with Gasteiger partial charge in [-0.3, -0.25) is 0 Å². The van der Waals surface area contributed by atoms with Crippen molar-refractivity contribution in [3.63, 3.8) is 0 Å². The molecule has 0 bridgehead atoms. The van der Waals surface area contributed by atoms with Crippen LogP contribution in [0.3, 0.4) is 0 Å². The molecule has 1 aliphatic rings. The number of aliphatic hydroxyl groups excluding tert-OH is 1. The molecule has 0 atom stereocenters. The standard InChI is InChI=1S/C16H24N2O3/c1-2-9-18(10-11-19)16(20)17-14-5-3-4-6-15(14)21-12-13-7-8-13/h3-6,13,19H,2,7-12H2,1H3,(H,17,20). The fourth-order valence-electron chi connectivity index (χ4n) is 2.09. The fourth-order valence-corrected chi connectivity index (χ4v) is 2.09. The summed E-state index contributed by atoms with van der Waals surface area (Å²) in [5.74, 6) is 1.37. The Morgan fingerprint density at radius 1 is 1.38 bits per heavy atom. The second kappa shape index (κ2) is 7.88. The number of benzene rings is 1. The van der Waals surface area contributed by atoms with Gasteiger partial charge in [-0.25, -0.2) is 4.79 Å². The average Bonchev–Trinajstić information content (AvgIpc) is 3.30. The number of nitrogens with zero attached hydrogens (tertiary/aromatic N) is 1. The molecule has 2 amide bonds. The summed E-state index contributed by atoms with van der Waals surface area (Å²) in [6, 6.07) is 7.27. The quantitative estimate of drug-likeness (QED) is 0.774. The molecule has 0 unspecified atom stereocenters. The van der Waals surface area contributed by atoms with Gasteiger partial charge in [-0.05, 0) is 37.3 Å². The van der Waals surface area contributed by atoms with Crippen molar-refractivity contribution in [3.05, 3.63) is 24.3 Å². The molecule has 5 heteroatoms. The minimum Gasteiger partial charge on any atom is -0.491 e. The zero-order chi connectivity index (χ0) is 15.1. The Morgan fingerprint density at radius 3 is 2.81 bits per heavy atom. The van der Waals surface area contributed by atoms with Crippen LogP contribution in [0.2, 0.25) is 0 Å². The Kier molecular flexibility index (Phi) is 5.87. The average molecular weight is 292 g/mol. The van der Waals surface area contributed by atoms with Gasteiger partial charge in [-0.2, -0.15) is 0 Å². The Bertz CT molecular complexity index is 455. The van der Waals surface area contributed by atoms with E-state index in [1.165, 1.54) is 12.8 Å². The molecule has 2 N–H and O–H groups in total. The molecule has 0 saturated heterocycles. The minimum absolute atomic E-state index is 0.0345. The monoisotopic (exact) mass is 292 g/mol. The lowest BCUT2D eigenvalue weighted by Crippen LogP contribution is -2.37. The molecule has 0 aliphatic heterocycles. The van der Waals surface area contributed by atoms with Crippen LogP contribution in [-0.4, -0.2) is 42.3 Å². The number of anilines is 1. The largest absolute Gasteiger partial charge is 0.491 e. The molecular formula is C16H24N2O3. The van der Waals surface area contributed by atoms with E-state index < -0.39 is 0 Å². The lowest BCUT2D eigenvalue weighted by atomic mass is 10.3. The van der Waals surface area contributed by atoms with Crippen molar-refractivity contribution in [2.45, 2.75) is 26.2 Å². The highest BCUT2D eigenvalue weighted by Gasteiger charge is 2.22. The molecule has 1 saturated carbocycles. The number of ether oxygens (including phenoxy) is 1. The molecule has 1 aromatic rings. The minimum atomic E-state index is -0.201. The number of carbonyl (C=O) groups is 1. The van der Waals surface area contributed by atoms with Crippen LogP contribution in [0, 0.1) is 5.92 Å². The second-order valence-electron chi connectivity index (χ2n) is 5.39. The summed E-state index contributed by atoms with van der Waals surface area (Å²) in [5.41, 5.74) is 0.683. The topological polar surface area (TPSA) is 61.8 Å². The number of nitrogens with one attached hydrogen (secondary N) is 1. The van der Waals surface area contributed by atoms with Gasteiger partial charge in [0.2, 0.25) is 0 Å². The Hall–Kier alpha value is -1.75. The van der Waals surface area contributed by atoms with E-state index in [1.807, 2.05) is 31.2 Å². The van der Waals surface area contributed by atoms with Crippen LogP contribution >= 0.6 is 0 Å². The summed E-state index contributed by atoms with van der Waals surface area (Å²) < 4.78 is 5.78. The number of hydrogen-bond acceptors (Lipinski definition) is 3. The van der Waals surface area contributed by atoms with Crippen molar-refractivity contribution in [3.8, 4) is 5.75 Å². The molecule has 1 fully saturated rings. The lowest BCUT2D eigenvalue weighted by molar-refractivity contribution is 0.188. The van der Waals surface area contributed by atoms with E-state index in [4.69, 9.17) is 9.84 Å². The normalized spacial score (nSPS) is 13.8. The van der Waals surface area contributed by atoms with Crippen LogP contribution in [0.1, 0.15) is 26.2 Å². The van der Waals surface area contributed by atoms with Crippen molar-refractivity contribution in [2.24, 2.45) is 5.92 Å². The van der Waals surface area contributed by atoms with Gasteiger partial charge in [0.25, 0.3) is 0 Å². The number of aliphatic hydroxyl groups is 1. The molecule has 0 spiro atoms. The maximum Gasteiger partial charge on any atom is 0.322 e. The van der Waals surface area contributed by atoms with Crippen LogP contribution in [0.25, 0.3) is 0 Å². The molecule has 1 aliphatic carbocycles. The van der Waals surface area contributed by atoms with Gasteiger partial charge >= 0.3 is 6.03 Å². The number of carbonyl (C=O) groups excluding carboxylic acids is 1. The third kappa shape index (κ3) is 4.93. The Balaban J connectivity index is 1.97. The summed E-state index contributed by atoms with van der Waals surface area (Å²) >= 11 is 0. The number of urea groups is 1. The number of para-hydroxylation sites is 2. The molecule has 1 aromatic carbocycles. The number of rotatable bonds is 8. The summed E-state index contributed by atoms with van der Waals surface area (Å²) in [6.07, 6.45) is 3.32. The molecule has 0 heterocycles. The van der Waals surface area contributed by atoms with E-state index >= 15 is 0 Å². The van der Waals surface area contributed by atoms with E-state index in [2.05, 4.69) is 5.32 Å². The highest BCUT2D eigenvalue weighted by Crippen LogP contribution is 2.31. The highest BCUT2D eigenvalue weighted by molar-refractivity contribution is 5.91. The van der Waals surface area contributed by atoms with Gasteiger partial charge in [0, 0.05) is 13.1 Å². The smallest absolute Gasteiger partial charge is 0.322 e. The zero-order valence-corrected chi connectivity index (χ0v) is 12.5. The van der Waals surface area contributed by atoms with Gasteiger partial charge < -0.3 is 20.1 Å². The van der Waals surface area contributed by atoms with Gasteiger partial charge in [0.1, 0.15) is 5.75 Å². The first-order valence-electron chi connectivity index (χ1n) is 7.63. The zero-order valence-electron chi connectivity index (χ0n) is 12.5. The van der Waals surface area contributed by atoms with Crippen LogP contribution in [0.15, 0.2) is 24.3 Å². The predicted molar refractivity (Wildman–Crippen MR) is 82.6 cm³/mol. The van der Waals surface area contributed by atoms with E-state index in [0.717, 1.165) is 6.42 Å². The summed E-state index contributed by atoms with van der Waals surface area (Å²) in [5, 5.41) is 11.9. The first kappa shape index (κ1) is 15.6. The third-order valence-electron chi connectivity index (χ3n) is 3.45. The maximum atomic E-state index is 12.2. The van der Waals surface area contributed by atoms with Crippen molar-refractivity contribution in [1.29, 1.82) is 0 Å². The molecule has 2 rings (SSSR count). The van der Waals surface area contributed by atoms with E-state index in [0.29, 0.717) is 37.1 Å². The Labute approximate surface area is 125 Å². The van der Waals surface area contributed by atoms with Crippen molar-refractivity contribution in [1.82, 2.24) is 4.90 Å². The van der Waals surface area contributed by atoms with Crippen LogP contribution in [0.4, 0.5) is 10.5 Å². The van der Waals surface area contributed by atoms with E-state index in [-0.39, 0.29) is 12.6 Å². The van der Waals surface area contributed by atoms with Crippen molar-refractivity contribution < 1.29 is 14.6 Å². The van der Waals surface area contributed by atoms with Crippen molar-refractivity contribution >= 4 is 11.7 Å². The van der Waals surface area contributed by atoms with E-state index in [1.54, 1.807) is 4.90 Å². The first-order chi connectivity index (χ1) is 10.2. The molecule has 0 aromatic heterocycles. The van der Waals surface area contributed by atoms with Gasteiger partial charge in [0.05, 0.1) is 18.9 Å². The fraction of sp³-hybridized carbons (Fsp3) is 0.562. The number of amides is 2. The maximum absolute atomic E-state index is 12.2. The van der Waals surface area contributed by atoms with Gasteiger partial charge in [0.15, 0.2) is 0 Å². The van der Waals surface area contributed by atoms with Crippen LogP contribution in [-0.2, 0) is 0 Å². The molecule has 21 heavy (non-hydrogen) atoms. The highest BCUT2D eigenvalue weighted by atomic mass is 16.5. The SMILES string of the molecule is CCCN(CCO)C(=O)Nc1ccccc1OCC1CC1. The second-order valence-corrected chi connectivity index (χ2v) is 5.39. The molecule has 5 nitrogen and oxygen atoms in total. The first-order valence-corrected chi connectivity index (χ1v) is 7.63. The number of hydrogen-bond donors (Lipinski definition) is 2. The molecular weight excluding hydrogens is 268 g/mol. The van der Waals surface area contributed by atoms with Gasteiger partial charge in [-0.15, -0.1) is 0 Å². The molecule has 116 valence electrons. The van der Waals surface area contributed by atoms with E-state index in [9.17, 15) is 4.79 Å². The van der Waals surface area contributed by atoms with Gasteiger partial charge in [-0.1, -0.05) is 19.1 Å².